The molecule has 0 radical (unpaired) electrons. The van der Waals surface area contributed by atoms with Crippen molar-refractivity contribution in [1.29, 1.82) is 0 Å². The predicted molar refractivity (Wildman–Crippen MR) is 52.3 cm³/mol. The van der Waals surface area contributed by atoms with Crippen LogP contribution in [0.1, 0.15) is 5.56 Å². The molecular formula is C8H6INO. The summed E-state index contributed by atoms with van der Waals surface area (Å²) < 4.78 is 0.689. The fraction of sp³-hybridized carbons (Fsp3) is 0. The van der Waals surface area contributed by atoms with Gasteiger partial charge in [0.1, 0.15) is 0 Å². The van der Waals surface area contributed by atoms with E-state index in [0.29, 0.717) is 3.58 Å². The van der Waals surface area contributed by atoms with Gasteiger partial charge in [0.15, 0.2) is 6.29 Å². The van der Waals surface area contributed by atoms with Crippen molar-refractivity contribution in [1.82, 2.24) is 4.98 Å². The molecule has 0 aliphatic heterocycles. The zero-order chi connectivity index (χ0) is 8.10. The van der Waals surface area contributed by atoms with Crippen molar-refractivity contribution in [2.45, 2.75) is 0 Å². The Morgan fingerprint density at radius 2 is 2.09 bits per heavy atom. The first-order valence-electron chi connectivity index (χ1n) is 3.05. The largest absolute Gasteiger partial charge is 0.297 e. The molecule has 0 atom stereocenters. The van der Waals surface area contributed by atoms with Crippen molar-refractivity contribution in [3.8, 4) is 0 Å². The molecule has 0 unspecified atom stereocenters. The van der Waals surface area contributed by atoms with Crippen LogP contribution >= 0.6 is 22.6 Å². The van der Waals surface area contributed by atoms with Gasteiger partial charge in [0.2, 0.25) is 0 Å². The highest BCUT2D eigenvalue weighted by Gasteiger charge is 1.88. The zero-order valence-electron chi connectivity index (χ0n) is 5.70. The lowest BCUT2D eigenvalue weighted by molar-refractivity contribution is -0.104. The average molecular weight is 259 g/mol. The summed E-state index contributed by atoms with van der Waals surface area (Å²) in [5, 5.41) is 0. The number of pyridine rings is 1. The Labute approximate surface area is 78.5 Å². The molecular weight excluding hydrogens is 253 g/mol. The van der Waals surface area contributed by atoms with Crippen LogP contribution in [0.2, 0.25) is 0 Å². The van der Waals surface area contributed by atoms with Crippen molar-refractivity contribution in [2.75, 3.05) is 0 Å². The van der Waals surface area contributed by atoms with Crippen molar-refractivity contribution in [3.63, 3.8) is 0 Å². The Bertz CT molecular complexity index is 269. The molecule has 0 aliphatic carbocycles. The number of allylic oxidation sites excluding steroid dienone is 1. The Kier molecular flexibility index (Phi) is 3.22. The highest BCUT2D eigenvalue weighted by atomic mass is 127. The monoisotopic (exact) mass is 259 g/mol. The fourth-order valence-electron chi connectivity index (χ4n) is 0.653. The maximum absolute atomic E-state index is 10.2. The van der Waals surface area contributed by atoms with E-state index in [0.717, 1.165) is 11.8 Å². The quantitative estimate of drug-likeness (QED) is 0.462. The van der Waals surface area contributed by atoms with Gasteiger partial charge in [0.25, 0.3) is 0 Å². The van der Waals surface area contributed by atoms with Gasteiger partial charge in [-0.1, -0.05) is 0 Å². The Morgan fingerprint density at radius 1 is 1.45 bits per heavy atom. The first kappa shape index (κ1) is 8.39. The van der Waals surface area contributed by atoms with Crippen LogP contribution < -0.4 is 0 Å². The molecule has 0 amide bonds. The van der Waals surface area contributed by atoms with Gasteiger partial charge in [0.05, 0.1) is 3.58 Å². The molecule has 0 bridgehead atoms. The molecule has 0 aliphatic rings. The molecule has 0 saturated heterocycles. The molecule has 1 rings (SSSR count). The number of nitrogens with zero attached hydrogens (tertiary/aromatic N) is 1. The summed E-state index contributed by atoms with van der Waals surface area (Å²) in [7, 11) is 0. The van der Waals surface area contributed by atoms with E-state index in [4.69, 9.17) is 0 Å². The minimum absolute atomic E-state index is 0.689. The topological polar surface area (TPSA) is 30.0 Å². The Hall–Kier alpha value is -0.710. The van der Waals surface area contributed by atoms with Crippen molar-refractivity contribution >= 4 is 35.0 Å². The summed E-state index contributed by atoms with van der Waals surface area (Å²) in [5.41, 5.74) is 0.997. The molecule has 1 aromatic heterocycles. The molecule has 0 aromatic carbocycles. The maximum Gasteiger partial charge on any atom is 0.156 e. The molecule has 0 spiro atoms. The van der Waals surface area contributed by atoms with Crippen LogP contribution in [-0.2, 0) is 4.79 Å². The predicted octanol–water partition coefficient (Wildman–Crippen LogP) is 2.06. The van der Waals surface area contributed by atoms with Crippen LogP contribution in [0.4, 0.5) is 0 Å². The summed E-state index contributed by atoms with van der Waals surface area (Å²) in [5.74, 6) is 0. The van der Waals surface area contributed by atoms with Crippen LogP contribution in [0.5, 0.6) is 0 Å². The van der Waals surface area contributed by atoms with E-state index in [9.17, 15) is 4.79 Å². The number of halogens is 1. The molecule has 0 N–H and O–H groups in total. The second-order valence-corrected chi connectivity index (χ2v) is 3.17. The van der Waals surface area contributed by atoms with E-state index in [1.54, 1.807) is 18.5 Å². The SMILES string of the molecule is O=C/C(I)=C/c1ccncc1. The van der Waals surface area contributed by atoms with Gasteiger partial charge in [-0.25, -0.2) is 0 Å². The van der Waals surface area contributed by atoms with E-state index in [1.807, 2.05) is 34.7 Å². The van der Waals surface area contributed by atoms with Crippen LogP contribution in [0.15, 0.2) is 28.1 Å². The number of hydrogen-bond donors (Lipinski definition) is 0. The Balaban J connectivity index is 2.87. The van der Waals surface area contributed by atoms with Crippen LogP contribution in [0.3, 0.4) is 0 Å². The fourth-order valence-corrected chi connectivity index (χ4v) is 1.01. The molecule has 56 valence electrons. The van der Waals surface area contributed by atoms with Crippen LogP contribution in [-0.4, -0.2) is 11.3 Å². The minimum atomic E-state index is 0.689. The molecule has 1 heterocycles. The third-order valence-electron chi connectivity index (χ3n) is 1.12. The molecule has 3 heteroatoms. The summed E-state index contributed by atoms with van der Waals surface area (Å²) in [6, 6.07) is 3.70. The summed E-state index contributed by atoms with van der Waals surface area (Å²) in [6.07, 6.45) is 6.01. The minimum Gasteiger partial charge on any atom is -0.297 e. The Morgan fingerprint density at radius 3 is 2.64 bits per heavy atom. The van der Waals surface area contributed by atoms with Gasteiger partial charge in [-0.2, -0.15) is 0 Å². The van der Waals surface area contributed by atoms with Gasteiger partial charge in [0, 0.05) is 12.4 Å². The third kappa shape index (κ3) is 2.80. The number of carbonyl (C=O) groups excluding carboxylic acids is 1. The summed E-state index contributed by atoms with van der Waals surface area (Å²) in [6.45, 7) is 0. The van der Waals surface area contributed by atoms with E-state index < -0.39 is 0 Å². The number of aldehydes is 1. The number of aromatic nitrogens is 1. The van der Waals surface area contributed by atoms with E-state index in [1.165, 1.54) is 0 Å². The number of hydrogen-bond acceptors (Lipinski definition) is 2. The summed E-state index contributed by atoms with van der Waals surface area (Å²) in [4.78, 5) is 14.1. The molecule has 0 saturated carbocycles. The van der Waals surface area contributed by atoms with Gasteiger partial charge in [-0.3, -0.25) is 9.78 Å². The van der Waals surface area contributed by atoms with Crippen molar-refractivity contribution in [2.24, 2.45) is 0 Å². The van der Waals surface area contributed by atoms with E-state index in [-0.39, 0.29) is 0 Å². The average Bonchev–Trinajstić information content (AvgIpc) is 2.06. The lowest BCUT2D eigenvalue weighted by atomic mass is 10.2. The number of carbonyl (C=O) groups is 1. The van der Waals surface area contributed by atoms with E-state index >= 15 is 0 Å². The maximum atomic E-state index is 10.2. The van der Waals surface area contributed by atoms with Gasteiger partial charge in [-0.15, -0.1) is 0 Å². The lowest BCUT2D eigenvalue weighted by Gasteiger charge is -1.89. The molecule has 0 fully saturated rings. The lowest BCUT2D eigenvalue weighted by Crippen LogP contribution is -1.75. The van der Waals surface area contributed by atoms with Crippen molar-refractivity contribution in [3.05, 3.63) is 33.7 Å². The highest BCUT2D eigenvalue weighted by Crippen LogP contribution is 2.08. The number of rotatable bonds is 2. The second kappa shape index (κ2) is 4.23. The normalized spacial score (nSPS) is 11.2. The van der Waals surface area contributed by atoms with Crippen LogP contribution in [0, 0.1) is 0 Å². The standard InChI is InChI=1S/C8H6INO/c9-8(6-11)5-7-1-3-10-4-2-7/h1-6H/b8-5-. The van der Waals surface area contributed by atoms with Gasteiger partial charge >= 0.3 is 0 Å². The third-order valence-corrected chi connectivity index (χ3v) is 1.69. The summed E-state index contributed by atoms with van der Waals surface area (Å²) >= 11 is 1.98. The van der Waals surface area contributed by atoms with Crippen LogP contribution in [0.25, 0.3) is 6.08 Å². The molecule has 1 aromatic rings. The highest BCUT2D eigenvalue weighted by molar-refractivity contribution is 14.1. The second-order valence-electron chi connectivity index (χ2n) is 1.93. The van der Waals surface area contributed by atoms with Gasteiger partial charge in [-0.05, 0) is 46.4 Å². The smallest absolute Gasteiger partial charge is 0.156 e. The van der Waals surface area contributed by atoms with Crippen molar-refractivity contribution < 1.29 is 4.79 Å². The first-order chi connectivity index (χ1) is 5.33. The first-order valence-corrected chi connectivity index (χ1v) is 4.13. The van der Waals surface area contributed by atoms with Gasteiger partial charge < -0.3 is 0 Å². The molecule has 2 nitrogen and oxygen atoms in total. The zero-order valence-corrected chi connectivity index (χ0v) is 7.86. The molecule has 11 heavy (non-hydrogen) atoms. The van der Waals surface area contributed by atoms with E-state index in [2.05, 4.69) is 4.98 Å².